The number of aliphatic hydroxyl groups is 3. The molecule has 0 saturated carbocycles. The van der Waals surface area contributed by atoms with E-state index in [9.17, 15) is 79.7 Å². The quantitative estimate of drug-likeness (QED) is 0.00741. The number of amides is 2. The topological polar surface area (TPSA) is 416 Å². The van der Waals surface area contributed by atoms with E-state index in [2.05, 4.69) is 36.6 Å². The Morgan fingerprint density at radius 3 is 1.12 bits per heavy atom. The Bertz CT molecular complexity index is 4660. The molecule has 0 aliphatic heterocycles. The summed E-state index contributed by atoms with van der Waals surface area (Å²) in [6.07, 6.45) is 3.16. The van der Waals surface area contributed by atoms with Gasteiger partial charge in [-0.05, 0) is 253 Å². The summed E-state index contributed by atoms with van der Waals surface area (Å²) in [5.41, 5.74) is 23.8. The molecule has 0 bridgehead atoms. The fourth-order valence-corrected chi connectivity index (χ4v) is 14.2. The summed E-state index contributed by atoms with van der Waals surface area (Å²) >= 11 is 0. The number of carbonyl (C=O) groups excluding carboxylic acids is 9. The molecule has 0 radical (unpaired) electrons. The van der Waals surface area contributed by atoms with E-state index >= 15 is 0 Å². The number of nitrogens with two attached hydrogens (primary N) is 4. The van der Waals surface area contributed by atoms with Crippen LogP contribution in [0.3, 0.4) is 0 Å². The van der Waals surface area contributed by atoms with E-state index in [-0.39, 0.29) is 154 Å². The van der Waals surface area contributed by atoms with Gasteiger partial charge in [-0.1, -0.05) is 117 Å². The van der Waals surface area contributed by atoms with E-state index < -0.39 is 142 Å². The van der Waals surface area contributed by atoms with Gasteiger partial charge >= 0.3 is 18.2 Å². The molecule has 6 aromatic carbocycles. The maximum absolute atomic E-state index is 14.6. The number of alkyl carbamates (subject to hydrolysis) is 2. The highest BCUT2D eigenvalue weighted by atomic mass is 19.1. The van der Waals surface area contributed by atoms with Gasteiger partial charge in [0.1, 0.15) is 92.9 Å². The average molecular weight is 1950 g/mol. The zero-order valence-corrected chi connectivity index (χ0v) is 83.9. The third kappa shape index (κ3) is 52.3. The van der Waals surface area contributed by atoms with Crippen molar-refractivity contribution in [1.29, 1.82) is 0 Å². The van der Waals surface area contributed by atoms with Crippen molar-refractivity contribution < 1.29 is 123 Å². The fourth-order valence-electron chi connectivity index (χ4n) is 14.2. The normalized spacial score (nSPS) is 13.6. The Kier molecular flexibility index (Phi) is 55.1. The van der Waals surface area contributed by atoms with Gasteiger partial charge in [-0.2, -0.15) is 0 Å². The standard InChI is InChI=1S/C47H70F2N2O10.C29H40F2N2O5.C21H32F2N2O4.C9H12O/c1-11-12-13-14-15-16-41(54)59-42(39(51-44(56)61-46(5,6)7)31-58-30-32-17-20-37(57-10)21-18-32)40(53)24-26-47(8,9)25-23-36(52)29-35(50-43(55)60-45(2,3)4)28-33-27-34(48)19-22-38(33)49;1-29(2,12-10-23(34)16-22(32)15-20-14-21(30)6-9-25(20)31)13-11-27(35)28(36)26(33)18-38-17-19-4-7-24(37-3)8-5-19;1-21(2,8-6-19(28)20(29)18(25)12-26)7-5-16(27)11-15(24)10-13-9-14(22)3-4-17(13)23;1-3-8-4-6-9(10-2)7-5-8/h17-22,27,35,39,42H,11-16,23-26,28-31H2,1-10H3,(H,50,55)(H,51,56);4-9,14,22,26,28,36H,10-13,15-18,32-33H2,1-3H3;3-4,9,15,18,20,26,29H,5-8,10-12,24-25H2,1-2H3;4-7H,3H2,1-2H3/t35?,39-,42+;22?,26-,28+;15?,18-,20+;/m111./s1. The molecule has 0 saturated heterocycles. The first kappa shape index (κ1) is 122. The monoisotopic (exact) mass is 1950 g/mol. The summed E-state index contributed by atoms with van der Waals surface area (Å²) in [7, 11) is 4.83. The molecular weight excluding hydrogens is 1790 g/mol. The van der Waals surface area contributed by atoms with Crippen molar-refractivity contribution in [3.8, 4) is 17.2 Å². The number of ketones is 6. The van der Waals surface area contributed by atoms with Gasteiger partial charge in [0, 0.05) is 82.3 Å². The molecule has 0 aliphatic carbocycles. The molecule has 3 unspecified atom stereocenters. The number of benzene rings is 6. The van der Waals surface area contributed by atoms with Crippen LogP contribution in [0.1, 0.15) is 265 Å². The molecule has 770 valence electrons. The van der Waals surface area contributed by atoms with E-state index in [0.717, 1.165) is 109 Å². The molecule has 0 aliphatic rings. The predicted molar refractivity (Wildman–Crippen MR) is 519 cm³/mol. The fraction of sp³-hybridized carbons (Fsp3) is 0.575. The number of esters is 1. The van der Waals surface area contributed by atoms with Crippen molar-refractivity contribution >= 4 is 52.9 Å². The number of nitrogens with one attached hydrogen (secondary N) is 2. The van der Waals surface area contributed by atoms with Gasteiger partial charge < -0.3 is 86.8 Å². The van der Waals surface area contributed by atoms with Crippen LogP contribution < -0.4 is 47.8 Å². The molecule has 9 atom stereocenters. The first-order chi connectivity index (χ1) is 64.7. The SMILES string of the molecule is CC(C)(CCC(=O)CC(N)Cc1cc(F)ccc1F)CCC(=O)[C@@H](O)[C@H](N)CO.CCCCCCCC(=O)O[C@H](C(=O)CCC(C)(C)CCC(=O)CC(Cc1cc(F)ccc1F)NC(=O)OC(C)(C)C)[C@@H](COCc1ccc(OC)cc1)NC(=O)OC(C)(C)C.CCc1ccc(OC)cc1.COc1ccc(COC[C@@H](N)[C@H](O)C(=O)CCC(C)(C)CCC(=O)CC(N)Cc2cc(F)ccc2F)cc1. The second-order valence-corrected chi connectivity index (χ2v) is 39.5. The molecule has 138 heavy (non-hydrogen) atoms. The third-order valence-corrected chi connectivity index (χ3v) is 22.9. The lowest BCUT2D eigenvalue weighted by Gasteiger charge is -2.30. The van der Waals surface area contributed by atoms with Crippen molar-refractivity contribution in [1.82, 2.24) is 10.6 Å². The molecular formula is C106H154F6N6O20. The van der Waals surface area contributed by atoms with Crippen molar-refractivity contribution in [3.05, 3.63) is 196 Å². The average Bonchev–Trinajstić information content (AvgIpc) is 0.853. The Balaban J connectivity index is 0.000000539. The highest BCUT2D eigenvalue weighted by molar-refractivity contribution is 5.88. The Hall–Kier alpha value is -10.0. The minimum atomic E-state index is -1.40. The van der Waals surface area contributed by atoms with E-state index in [0.29, 0.717) is 57.3 Å². The van der Waals surface area contributed by atoms with E-state index in [4.69, 9.17) is 65.9 Å². The first-order valence-electron chi connectivity index (χ1n) is 47.4. The second kappa shape index (κ2) is 62.2. The molecule has 32 heteroatoms. The van der Waals surface area contributed by atoms with Crippen LogP contribution in [0.2, 0.25) is 0 Å². The highest BCUT2D eigenvalue weighted by Gasteiger charge is 2.37. The second-order valence-electron chi connectivity index (χ2n) is 39.5. The third-order valence-electron chi connectivity index (χ3n) is 22.9. The maximum Gasteiger partial charge on any atom is 0.408 e. The molecule has 0 aromatic heterocycles. The molecule has 0 fully saturated rings. The molecule has 0 spiro atoms. The van der Waals surface area contributed by atoms with Crippen molar-refractivity contribution in [2.24, 2.45) is 39.2 Å². The molecule has 0 heterocycles. The predicted octanol–water partition coefficient (Wildman–Crippen LogP) is 17.7. The summed E-state index contributed by atoms with van der Waals surface area (Å²) in [5, 5.41) is 34.3. The van der Waals surface area contributed by atoms with Crippen LogP contribution in [0.25, 0.3) is 0 Å². The number of hydrogen-bond acceptors (Lipinski definition) is 24. The number of hydrogen-bond donors (Lipinski definition) is 9. The summed E-state index contributed by atoms with van der Waals surface area (Å²) in [4.78, 5) is 116. The zero-order chi connectivity index (χ0) is 104. The number of ether oxygens (including phenoxy) is 8. The molecule has 6 rings (SSSR count). The van der Waals surface area contributed by atoms with Gasteiger partial charge in [0.25, 0.3) is 0 Å². The summed E-state index contributed by atoms with van der Waals surface area (Å²) in [6.45, 7) is 25.7. The Morgan fingerprint density at radius 2 is 0.746 bits per heavy atom. The number of unbranched alkanes of at least 4 members (excludes halogenated alkanes) is 4. The first-order valence-corrected chi connectivity index (χ1v) is 47.4. The van der Waals surface area contributed by atoms with E-state index in [1.165, 1.54) is 5.56 Å². The number of Topliss-reactive ketones (excluding diaryl/α,β-unsaturated/α-hetero) is 6. The van der Waals surface area contributed by atoms with Gasteiger partial charge in [-0.3, -0.25) is 33.6 Å². The molecule has 2 amide bonds. The van der Waals surface area contributed by atoms with Crippen molar-refractivity contribution in [2.75, 3.05) is 41.2 Å². The number of rotatable bonds is 58. The molecule has 13 N–H and O–H groups in total. The van der Waals surface area contributed by atoms with Gasteiger partial charge in [0.2, 0.25) is 0 Å². The van der Waals surface area contributed by atoms with Crippen LogP contribution in [-0.4, -0.2) is 175 Å². The Morgan fingerprint density at radius 1 is 0.399 bits per heavy atom. The van der Waals surface area contributed by atoms with Crippen LogP contribution in [0.5, 0.6) is 17.2 Å². The summed E-state index contributed by atoms with van der Waals surface area (Å²) < 4.78 is 126. The minimum absolute atomic E-state index is 0.00467. The highest BCUT2D eigenvalue weighted by Crippen LogP contribution is 2.34. The smallest absolute Gasteiger partial charge is 0.408 e. The lowest BCUT2D eigenvalue weighted by molar-refractivity contribution is -0.158. The van der Waals surface area contributed by atoms with Gasteiger partial charge in [-0.25, -0.2) is 35.9 Å². The summed E-state index contributed by atoms with van der Waals surface area (Å²) in [6, 6.07) is 27.0. The van der Waals surface area contributed by atoms with Gasteiger partial charge in [0.05, 0.1) is 72.5 Å². The lowest BCUT2D eigenvalue weighted by Crippen LogP contribution is -2.52. The van der Waals surface area contributed by atoms with Crippen LogP contribution in [-0.2, 0) is 96.1 Å². The molecule has 26 nitrogen and oxygen atoms in total. The van der Waals surface area contributed by atoms with Crippen LogP contribution in [0.4, 0.5) is 35.9 Å². The number of halogens is 6. The van der Waals surface area contributed by atoms with E-state index in [1.807, 2.05) is 90.1 Å². The number of aryl methyl sites for hydroxylation is 1. The van der Waals surface area contributed by atoms with Gasteiger partial charge in [-0.15, -0.1) is 0 Å². The van der Waals surface area contributed by atoms with Crippen molar-refractivity contribution in [3.63, 3.8) is 0 Å². The van der Waals surface area contributed by atoms with Gasteiger partial charge in [0.15, 0.2) is 23.5 Å². The zero-order valence-electron chi connectivity index (χ0n) is 83.9. The van der Waals surface area contributed by atoms with Crippen LogP contribution >= 0.6 is 0 Å². The van der Waals surface area contributed by atoms with Crippen LogP contribution in [0.15, 0.2) is 127 Å². The van der Waals surface area contributed by atoms with Crippen LogP contribution in [0, 0.1) is 51.1 Å². The minimum Gasteiger partial charge on any atom is -0.497 e. The van der Waals surface area contributed by atoms with E-state index in [1.54, 1.807) is 75.0 Å². The lowest BCUT2D eigenvalue weighted by atomic mass is 9.81. The number of methoxy groups -OCH3 is 3. The summed E-state index contributed by atoms with van der Waals surface area (Å²) in [5.74, 6) is -3.42. The number of carbonyl (C=O) groups is 9. The van der Waals surface area contributed by atoms with Crippen molar-refractivity contribution in [2.45, 2.75) is 336 Å². The number of aliphatic hydroxyl groups excluding tert-OH is 3. The Labute approximate surface area is 811 Å². The largest absolute Gasteiger partial charge is 0.497 e. The molecule has 6 aromatic rings. The maximum atomic E-state index is 14.6.